The van der Waals surface area contributed by atoms with Crippen molar-refractivity contribution in [1.29, 1.82) is 0 Å². The van der Waals surface area contributed by atoms with Gasteiger partial charge in [0, 0.05) is 29.7 Å². The van der Waals surface area contributed by atoms with Crippen molar-refractivity contribution in [2.24, 2.45) is 0 Å². The van der Waals surface area contributed by atoms with Gasteiger partial charge in [-0.15, -0.1) is 0 Å². The SMILES string of the molecule is O=C(O)/C=C/c1cnc(-n2cnc3c2CCCC3)nc1. The summed E-state index contributed by atoms with van der Waals surface area (Å²) in [6.45, 7) is 0. The summed E-state index contributed by atoms with van der Waals surface area (Å²) in [5.41, 5.74) is 2.98. The largest absolute Gasteiger partial charge is 0.478 e. The fourth-order valence-corrected chi connectivity index (χ4v) is 2.35. The number of aryl methyl sites for hydroxylation is 1. The highest BCUT2D eigenvalue weighted by Crippen LogP contribution is 2.21. The Morgan fingerprint density at radius 3 is 2.70 bits per heavy atom. The Balaban J connectivity index is 1.88. The second-order valence-corrected chi connectivity index (χ2v) is 4.70. The van der Waals surface area contributed by atoms with E-state index in [9.17, 15) is 4.79 Å². The van der Waals surface area contributed by atoms with Gasteiger partial charge in [-0.2, -0.15) is 0 Å². The number of aliphatic carboxylic acids is 1. The van der Waals surface area contributed by atoms with Crippen molar-refractivity contribution in [3.05, 3.63) is 41.7 Å². The topological polar surface area (TPSA) is 80.9 Å². The molecule has 1 aliphatic rings. The van der Waals surface area contributed by atoms with E-state index in [0.29, 0.717) is 11.5 Å². The number of rotatable bonds is 3. The summed E-state index contributed by atoms with van der Waals surface area (Å²) in [4.78, 5) is 23.4. The van der Waals surface area contributed by atoms with E-state index in [1.165, 1.54) is 18.2 Å². The summed E-state index contributed by atoms with van der Waals surface area (Å²) >= 11 is 0. The number of nitrogens with zero attached hydrogens (tertiary/aromatic N) is 4. The summed E-state index contributed by atoms with van der Waals surface area (Å²) in [6, 6.07) is 0. The number of aromatic nitrogens is 4. The molecule has 0 radical (unpaired) electrons. The Morgan fingerprint density at radius 1 is 1.20 bits per heavy atom. The van der Waals surface area contributed by atoms with Gasteiger partial charge < -0.3 is 5.11 Å². The molecule has 6 heteroatoms. The maximum Gasteiger partial charge on any atom is 0.328 e. The van der Waals surface area contributed by atoms with E-state index in [2.05, 4.69) is 15.0 Å². The third-order valence-corrected chi connectivity index (χ3v) is 3.32. The van der Waals surface area contributed by atoms with E-state index < -0.39 is 5.97 Å². The van der Waals surface area contributed by atoms with Crippen molar-refractivity contribution < 1.29 is 9.90 Å². The second-order valence-electron chi connectivity index (χ2n) is 4.70. The maximum absolute atomic E-state index is 10.4. The van der Waals surface area contributed by atoms with Crippen LogP contribution >= 0.6 is 0 Å². The van der Waals surface area contributed by atoms with E-state index in [4.69, 9.17) is 5.11 Å². The first-order chi connectivity index (χ1) is 9.74. The van der Waals surface area contributed by atoms with Gasteiger partial charge in [0.05, 0.1) is 5.69 Å². The van der Waals surface area contributed by atoms with Gasteiger partial charge in [-0.3, -0.25) is 4.57 Å². The van der Waals surface area contributed by atoms with Gasteiger partial charge in [0.2, 0.25) is 5.95 Å². The second kappa shape index (κ2) is 5.24. The number of imidazole rings is 1. The van der Waals surface area contributed by atoms with E-state index >= 15 is 0 Å². The highest BCUT2D eigenvalue weighted by molar-refractivity contribution is 5.85. The lowest BCUT2D eigenvalue weighted by Crippen LogP contribution is -2.09. The fraction of sp³-hybridized carbons (Fsp3) is 0.286. The first kappa shape index (κ1) is 12.5. The number of hydrogen-bond acceptors (Lipinski definition) is 4. The van der Waals surface area contributed by atoms with Crippen LogP contribution in [0.4, 0.5) is 0 Å². The van der Waals surface area contributed by atoms with Crippen molar-refractivity contribution in [2.45, 2.75) is 25.7 Å². The molecule has 2 aromatic heterocycles. The fourth-order valence-electron chi connectivity index (χ4n) is 2.35. The van der Waals surface area contributed by atoms with Gasteiger partial charge in [-0.1, -0.05) is 0 Å². The minimum absolute atomic E-state index is 0.577. The van der Waals surface area contributed by atoms with Crippen LogP contribution in [0.15, 0.2) is 24.8 Å². The molecule has 2 heterocycles. The monoisotopic (exact) mass is 270 g/mol. The number of carbonyl (C=O) groups is 1. The number of carboxylic acids is 1. The van der Waals surface area contributed by atoms with Gasteiger partial charge >= 0.3 is 5.97 Å². The molecular weight excluding hydrogens is 256 g/mol. The van der Waals surface area contributed by atoms with Crippen molar-refractivity contribution in [3.8, 4) is 5.95 Å². The van der Waals surface area contributed by atoms with E-state index in [1.807, 2.05) is 4.57 Å². The van der Waals surface area contributed by atoms with Crippen LogP contribution < -0.4 is 0 Å². The van der Waals surface area contributed by atoms with Crippen molar-refractivity contribution in [3.63, 3.8) is 0 Å². The first-order valence-corrected chi connectivity index (χ1v) is 6.52. The molecule has 0 fully saturated rings. The summed E-state index contributed by atoms with van der Waals surface area (Å²) in [5.74, 6) is -0.411. The highest BCUT2D eigenvalue weighted by Gasteiger charge is 2.16. The van der Waals surface area contributed by atoms with Crippen molar-refractivity contribution in [2.75, 3.05) is 0 Å². The lowest BCUT2D eigenvalue weighted by atomic mass is 10.0. The molecule has 1 aliphatic carbocycles. The van der Waals surface area contributed by atoms with Crippen LogP contribution in [0.25, 0.3) is 12.0 Å². The van der Waals surface area contributed by atoms with Crippen molar-refractivity contribution >= 4 is 12.0 Å². The summed E-state index contributed by atoms with van der Waals surface area (Å²) in [5, 5.41) is 8.57. The number of carboxylic acid groups (broad SMARTS) is 1. The molecule has 3 rings (SSSR count). The zero-order valence-corrected chi connectivity index (χ0v) is 10.9. The predicted octanol–water partition coefficient (Wildman–Crippen LogP) is 1.64. The zero-order chi connectivity index (χ0) is 13.9. The molecule has 102 valence electrons. The first-order valence-electron chi connectivity index (χ1n) is 6.52. The van der Waals surface area contributed by atoms with E-state index in [-0.39, 0.29) is 0 Å². The molecule has 20 heavy (non-hydrogen) atoms. The molecule has 0 unspecified atom stereocenters. The third-order valence-electron chi connectivity index (χ3n) is 3.32. The van der Waals surface area contributed by atoms with Crippen molar-refractivity contribution in [1.82, 2.24) is 19.5 Å². The summed E-state index contributed by atoms with van der Waals surface area (Å²) in [6.07, 6.45) is 11.9. The average Bonchev–Trinajstić information content (AvgIpc) is 2.89. The molecule has 6 nitrogen and oxygen atoms in total. The van der Waals surface area contributed by atoms with Crippen LogP contribution in [0.3, 0.4) is 0 Å². The highest BCUT2D eigenvalue weighted by atomic mass is 16.4. The Hall–Kier alpha value is -2.50. The molecular formula is C14H14N4O2. The Labute approximate surface area is 115 Å². The molecule has 2 aromatic rings. The van der Waals surface area contributed by atoms with Gasteiger partial charge in [-0.05, 0) is 31.8 Å². The lowest BCUT2D eigenvalue weighted by molar-refractivity contribution is -0.131. The van der Waals surface area contributed by atoms with Gasteiger partial charge in [0.15, 0.2) is 0 Å². The molecule has 0 saturated carbocycles. The minimum Gasteiger partial charge on any atom is -0.478 e. The molecule has 0 amide bonds. The predicted molar refractivity (Wildman–Crippen MR) is 72.5 cm³/mol. The van der Waals surface area contributed by atoms with Crippen LogP contribution in [-0.2, 0) is 17.6 Å². The Bertz CT molecular complexity index is 658. The van der Waals surface area contributed by atoms with Gasteiger partial charge in [0.1, 0.15) is 6.33 Å². The summed E-state index contributed by atoms with van der Waals surface area (Å²) in [7, 11) is 0. The molecule has 1 N–H and O–H groups in total. The average molecular weight is 270 g/mol. The molecule has 0 aliphatic heterocycles. The molecule has 0 bridgehead atoms. The van der Waals surface area contributed by atoms with Crippen LogP contribution in [0, 0.1) is 0 Å². The quantitative estimate of drug-likeness (QED) is 0.857. The smallest absolute Gasteiger partial charge is 0.328 e. The lowest BCUT2D eigenvalue weighted by Gasteiger charge is -2.12. The molecule has 0 spiro atoms. The van der Waals surface area contributed by atoms with Crippen LogP contribution in [0.1, 0.15) is 29.8 Å². The van der Waals surface area contributed by atoms with Crippen LogP contribution in [-0.4, -0.2) is 30.6 Å². The third kappa shape index (κ3) is 2.45. The zero-order valence-electron chi connectivity index (χ0n) is 10.9. The summed E-state index contributed by atoms with van der Waals surface area (Å²) < 4.78 is 1.92. The minimum atomic E-state index is -0.988. The molecule has 0 atom stereocenters. The van der Waals surface area contributed by atoms with Gasteiger partial charge in [0.25, 0.3) is 0 Å². The molecule has 0 saturated heterocycles. The number of fused-ring (bicyclic) bond motifs is 1. The van der Waals surface area contributed by atoms with Crippen LogP contribution in [0.2, 0.25) is 0 Å². The van der Waals surface area contributed by atoms with E-state index in [1.54, 1.807) is 18.7 Å². The Morgan fingerprint density at radius 2 is 1.95 bits per heavy atom. The standard InChI is InChI=1S/C14H14N4O2/c19-13(20)6-5-10-7-15-14(16-8-10)18-9-17-11-3-1-2-4-12(11)18/h5-9H,1-4H2,(H,19,20)/b6-5+. The number of hydrogen-bond donors (Lipinski definition) is 1. The normalized spacial score (nSPS) is 14.4. The maximum atomic E-state index is 10.4. The van der Waals surface area contributed by atoms with E-state index in [0.717, 1.165) is 31.0 Å². The van der Waals surface area contributed by atoms with Gasteiger partial charge in [-0.25, -0.2) is 19.7 Å². The van der Waals surface area contributed by atoms with Crippen LogP contribution in [0.5, 0.6) is 0 Å². The molecule has 0 aromatic carbocycles. The Kier molecular flexibility index (Phi) is 3.28.